The number of halogens is 1. The average molecular weight is 266 g/mol. The third-order valence-electron chi connectivity index (χ3n) is 3.94. The van der Waals surface area contributed by atoms with Crippen LogP contribution in [0.2, 0.25) is 0 Å². The molecule has 1 saturated heterocycles. The zero-order chi connectivity index (χ0) is 13.8. The van der Waals surface area contributed by atoms with Gasteiger partial charge in [-0.1, -0.05) is 12.1 Å². The Morgan fingerprint density at radius 3 is 2.74 bits per heavy atom. The van der Waals surface area contributed by atoms with Crippen molar-refractivity contribution in [2.45, 2.75) is 38.3 Å². The molecule has 4 heteroatoms. The molecule has 1 aromatic carbocycles. The summed E-state index contributed by atoms with van der Waals surface area (Å²) in [5.74, 6) is -0.186. The maximum absolute atomic E-state index is 13.5. The first kappa shape index (κ1) is 14.4. The third-order valence-corrected chi connectivity index (χ3v) is 3.94. The van der Waals surface area contributed by atoms with E-state index in [4.69, 9.17) is 5.73 Å². The molecule has 3 N–H and O–H groups in total. The quantitative estimate of drug-likeness (QED) is 0.876. The van der Waals surface area contributed by atoms with E-state index in [0.717, 1.165) is 44.5 Å². The van der Waals surface area contributed by atoms with Gasteiger partial charge in [-0.25, -0.2) is 4.39 Å². The summed E-state index contributed by atoms with van der Waals surface area (Å²) in [6.45, 7) is 4.51. The van der Waals surface area contributed by atoms with Crippen LogP contribution in [-0.2, 0) is 0 Å². The zero-order valence-corrected chi connectivity index (χ0v) is 11.5. The molecule has 19 heavy (non-hydrogen) atoms. The molecule has 1 aromatic rings. The van der Waals surface area contributed by atoms with Crippen molar-refractivity contribution in [2.24, 2.45) is 5.73 Å². The van der Waals surface area contributed by atoms with E-state index < -0.39 is 0 Å². The minimum Gasteiger partial charge on any atom is -0.393 e. The molecular formula is C15H23FN2O. The van der Waals surface area contributed by atoms with Gasteiger partial charge in [-0.2, -0.15) is 0 Å². The fourth-order valence-corrected chi connectivity index (χ4v) is 2.47. The van der Waals surface area contributed by atoms with Crippen LogP contribution in [0, 0.1) is 12.7 Å². The smallest absolute Gasteiger partial charge is 0.126 e. The molecule has 0 amide bonds. The van der Waals surface area contributed by atoms with Crippen LogP contribution in [0.5, 0.6) is 0 Å². The lowest BCUT2D eigenvalue weighted by atomic mass is 10.0. The van der Waals surface area contributed by atoms with Gasteiger partial charge < -0.3 is 15.7 Å². The second-order valence-electron chi connectivity index (χ2n) is 5.48. The van der Waals surface area contributed by atoms with Crippen LogP contribution in [0.25, 0.3) is 0 Å². The monoisotopic (exact) mass is 266 g/mol. The fourth-order valence-electron chi connectivity index (χ4n) is 2.47. The SMILES string of the molecule is Cc1ccc(C(N)CCN2CCC(O)CC2)cc1F. The Balaban J connectivity index is 1.83. The molecule has 0 saturated carbocycles. The largest absolute Gasteiger partial charge is 0.393 e. The van der Waals surface area contributed by atoms with Crippen molar-refractivity contribution in [1.82, 2.24) is 4.90 Å². The van der Waals surface area contributed by atoms with Crippen molar-refractivity contribution in [2.75, 3.05) is 19.6 Å². The summed E-state index contributed by atoms with van der Waals surface area (Å²) < 4.78 is 13.5. The van der Waals surface area contributed by atoms with Gasteiger partial charge in [-0.3, -0.25) is 0 Å². The van der Waals surface area contributed by atoms with Crippen LogP contribution in [0.15, 0.2) is 18.2 Å². The number of rotatable bonds is 4. The number of hydrogen-bond donors (Lipinski definition) is 2. The van der Waals surface area contributed by atoms with Gasteiger partial charge in [0, 0.05) is 19.1 Å². The standard InChI is InChI=1S/C15H23FN2O/c1-11-2-3-12(10-14(11)16)15(17)6-9-18-7-4-13(19)5-8-18/h2-3,10,13,15,19H,4-9,17H2,1H3. The van der Waals surface area contributed by atoms with E-state index in [1.54, 1.807) is 19.1 Å². The van der Waals surface area contributed by atoms with Crippen molar-refractivity contribution in [3.05, 3.63) is 35.1 Å². The lowest BCUT2D eigenvalue weighted by Crippen LogP contribution is -2.37. The summed E-state index contributed by atoms with van der Waals surface area (Å²) in [4.78, 5) is 2.32. The minimum atomic E-state index is -0.186. The molecule has 1 aliphatic rings. The molecule has 0 spiro atoms. The highest BCUT2D eigenvalue weighted by Crippen LogP contribution is 2.19. The number of benzene rings is 1. The van der Waals surface area contributed by atoms with Gasteiger partial charge in [0.05, 0.1) is 6.10 Å². The normalized spacial score (nSPS) is 19.6. The Hall–Kier alpha value is -0.970. The van der Waals surface area contributed by atoms with Crippen molar-refractivity contribution in [3.63, 3.8) is 0 Å². The molecule has 1 atom stereocenters. The van der Waals surface area contributed by atoms with E-state index in [1.807, 2.05) is 6.07 Å². The van der Waals surface area contributed by atoms with Crippen molar-refractivity contribution < 1.29 is 9.50 Å². The lowest BCUT2D eigenvalue weighted by Gasteiger charge is -2.30. The van der Waals surface area contributed by atoms with Crippen LogP contribution in [0.1, 0.15) is 36.4 Å². The number of piperidine rings is 1. The maximum Gasteiger partial charge on any atom is 0.126 e. The number of aliphatic hydroxyl groups is 1. The predicted molar refractivity (Wildman–Crippen MR) is 74.4 cm³/mol. The number of aliphatic hydroxyl groups excluding tert-OH is 1. The molecule has 2 rings (SSSR count). The first-order chi connectivity index (χ1) is 9.06. The number of aryl methyl sites for hydroxylation is 1. The fraction of sp³-hybridized carbons (Fsp3) is 0.600. The Bertz CT molecular complexity index is 417. The van der Waals surface area contributed by atoms with Crippen molar-refractivity contribution >= 4 is 0 Å². The maximum atomic E-state index is 13.5. The summed E-state index contributed by atoms with van der Waals surface area (Å²) in [7, 11) is 0. The van der Waals surface area contributed by atoms with Crippen molar-refractivity contribution in [3.8, 4) is 0 Å². The van der Waals surface area contributed by atoms with Gasteiger partial charge in [0.1, 0.15) is 5.82 Å². The van der Waals surface area contributed by atoms with E-state index in [1.165, 1.54) is 0 Å². The Morgan fingerprint density at radius 1 is 1.42 bits per heavy atom. The number of nitrogens with zero attached hydrogens (tertiary/aromatic N) is 1. The van der Waals surface area contributed by atoms with Crippen LogP contribution in [-0.4, -0.2) is 35.7 Å². The molecule has 0 aliphatic carbocycles. The van der Waals surface area contributed by atoms with Gasteiger partial charge >= 0.3 is 0 Å². The predicted octanol–water partition coefficient (Wildman–Crippen LogP) is 1.98. The summed E-state index contributed by atoms with van der Waals surface area (Å²) in [6.07, 6.45) is 2.36. The van der Waals surface area contributed by atoms with Crippen molar-refractivity contribution in [1.29, 1.82) is 0 Å². The van der Waals surface area contributed by atoms with Crippen LogP contribution in [0.4, 0.5) is 4.39 Å². The van der Waals surface area contributed by atoms with E-state index in [2.05, 4.69) is 4.90 Å². The summed E-state index contributed by atoms with van der Waals surface area (Å²) >= 11 is 0. The molecule has 0 bridgehead atoms. The zero-order valence-electron chi connectivity index (χ0n) is 11.5. The van der Waals surface area contributed by atoms with Crippen LogP contribution in [0.3, 0.4) is 0 Å². The number of likely N-dealkylation sites (tertiary alicyclic amines) is 1. The highest BCUT2D eigenvalue weighted by molar-refractivity contribution is 5.25. The summed E-state index contributed by atoms with van der Waals surface area (Å²) in [6, 6.07) is 5.10. The molecule has 1 unspecified atom stereocenters. The summed E-state index contributed by atoms with van der Waals surface area (Å²) in [5.41, 5.74) is 7.63. The first-order valence-electron chi connectivity index (χ1n) is 6.98. The molecule has 3 nitrogen and oxygen atoms in total. The Kier molecular flexibility index (Phi) is 4.91. The van der Waals surface area contributed by atoms with E-state index >= 15 is 0 Å². The van der Waals surface area contributed by atoms with E-state index in [-0.39, 0.29) is 18.0 Å². The molecular weight excluding hydrogens is 243 g/mol. The van der Waals surface area contributed by atoms with Crippen LogP contribution >= 0.6 is 0 Å². The molecule has 1 heterocycles. The van der Waals surface area contributed by atoms with Gasteiger partial charge in [-0.15, -0.1) is 0 Å². The van der Waals surface area contributed by atoms with Gasteiger partial charge in [0.15, 0.2) is 0 Å². The Labute approximate surface area is 114 Å². The highest BCUT2D eigenvalue weighted by atomic mass is 19.1. The van der Waals surface area contributed by atoms with E-state index in [9.17, 15) is 9.50 Å². The molecule has 0 radical (unpaired) electrons. The van der Waals surface area contributed by atoms with E-state index in [0.29, 0.717) is 5.56 Å². The Morgan fingerprint density at radius 2 is 2.11 bits per heavy atom. The molecule has 1 aliphatic heterocycles. The third kappa shape index (κ3) is 4.00. The molecule has 106 valence electrons. The molecule has 0 aromatic heterocycles. The topological polar surface area (TPSA) is 49.5 Å². The lowest BCUT2D eigenvalue weighted by molar-refractivity contribution is 0.0812. The molecule has 1 fully saturated rings. The average Bonchev–Trinajstić information content (AvgIpc) is 2.41. The summed E-state index contributed by atoms with van der Waals surface area (Å²) in [5, 5.41) is 9.45. The first-order valence-corrected chi connectivity index (χ1v) is 6.98. The minimum absolute atomic E-state index is 0.123. The second-order valence-corrected chi connectivity index (χ2v) is 5.48. The van der Waals surface area contributed by atoms with Gasteiger partial charge in [0.2, 0.25) is 0 Å². The van der Waals surface area contributed by atoms with Crippen LogP contribution < -0.4 is 5.73 Å². The van der Waals surface area contributed by atoms with Gasteiger partial charge in [-0.05, 0) is 49.9 Å². The highest BCUT2D eigenvalue weighted by Gasteiger charge is 2.17. The number of nitrogens with two attached hydrogens (primary N) is 1. The van der Waals surface area contributed by atoms with Gasteiger partial charge in [0.25, 0.3) is 0 Å². The number of hydrogen-bond acceptors (Lipinski definition) is 3. The second kappa shape index (κ2) is 6.46.